The van der Waals surface area contributed by atoms with Gasteiger partial charge < -0.3 is 10.2 Å². The van der Waals surface area contributed by atoms with Gasteiger partial charge in [-0.05, 0) is 18.6 Å². The maximum atomic E-state index is 5.76. The second-order valence-electron chi connectivity index (χ2n) is 3.99. The van der Waals surface area contributed by atoms with E-state index >= 15 is 0 Å². The Kier molecular flexibility index (Phi) is 3.05. The lowest BCUT2D eigenvalue weighted by atomic mass is 10.2. The minimum absolute atomic E-state index is 0. The summed E-state index contributed by atoms with van der Waals surface area (Å²) in [7, 11) is 0. The van der Waals surface area contributed by atoms with Crippen LogP contribution in [0.4, 0.5) is 5.69 Å². The van der Waals surface area contributed by atoms with E-state index in [2.05, 4.69) is 21.3 Å². The molecule has 3 heterocycles. The van der Waals surface area contributed by atoms with E-state index in [0.717, 1.165) is 13.1 Å². The van der Waals surface area contributed by atoms with Crippen molar-refractivity contribution in [2.24, 2.45) is 0 Å². The second-order valence-corrected chi connectivity index (χ2v) is 4.37. The largest absolute Gasteiger partial charge is 0.364 e. The molecule has 2 saturated heterocycles. The van der Waals surface area contributed by atoms with Gasteiger partial charge in [0, 0.05) is 25.2 Å². The number of pyridine rings is 1. The zero-order chi connectivity index (χ0) is 9.54. The number of nitrogens with one attached hydrogen (secondary N) is 1. The summed E-state index contributed by atoms with van der Waals surface area (Å²) in [5.74, 6) is 0. The monoisotopic (exact) mass is 245 g/mol. The van der Waals surface area contributed by atoms with Crippen molar-refractivity contribution in [1.29, 1.82) is 0 Å². The fourth-order valence-corrected chi connectivity index (χ4v) is 2.53. The molecular formula is C10H13Cl2N3. The molecule has 1 aromatic rings. The number of hydrogen-bond acceptors (Lipinski definition) is 3. The van der Waals surface area contributed by atoms with Crippen LogP contribution in [0.3, 0.4) is 0 Å². The fraction of sp³-hybridized carbons (Fsp3) is 0.500. The molecule has 0 amide bonds. The standard InChI is InChI=1S/C10H12ClN3.ClH/c11-10-2-1-8(4-13-10)14-6-7-3-9(14)5-12-7;/h1-2,4,7,9,12H,3,5-6H2;1H/t7-,9-;/m0./s1. The number of anilines is 1. The summed E-state index contributed by atoms with van der Waals surface area (Å²) in [5.41, 5.74) is 1.20. The summed E-state index contributed by atoms with van der Waals surface area (Å²) in [6, 6.07) is 5.24. The van der Waals surface area contributed by atoms with Gasteiger partial charge in [0.2, 0.25) is 0 Å². The van der Waals surface area contributed by atoms with Crippen LogP contribution in [-0.4, -0.2) is 30.2 Å². The fourth-order valence-electron chi connectivity index (χ4n) is 2.41. The van der Waals surface area contributed by atoms with Crippen molar-refractivity contribution in [2.75, 3.05) is 18.0 Å². The molecule has 0 unspecified atom stereocenters. The smallest absolute Gasteiger partial charge is 0.129 e. The number of halogens is 2. The highest BCUT2D eigenvalue weighted by Crippen LogP contribution is 2.28. The van der Waals surface area contributed by atoms with E-state index in [0.29, 0.717) is 17.2 Å². The first-order valence-corrected chi connectivity index (χ1v) is 5.32. The van der Waals surface area contributed by atoms with Gasteiger partial charge in [-0.3, -0.25) is 0 Å². The third-order valence-corrected chi connectivity index (χ3v) is 3.32. The molecule has 3 nitrogen and oxygen atoms in total. The topological polar surface area (TPSA) is 28.2 Å². The molecule has 0 aliphatic carbocycles. The van der Waals surface area contributed by atoms with Gasteiger partial charge >= 0.3 is 0 Å². The van der Waals surface area contributed by atoms with Gasteiger partial charge in [0.25, 0.3) is 0 Å². The van der Waals surface area contributed by atoms with Gasteiger partial charge in [-0.15, -0.1) is 12.4 Å². The number of piperazine rings is 1. The molecule has 0 radical (unpaired) electrons. The molecule has 2 aliphatic rings. The first-order chi connectivity index (χ1) is 6.83. The molecular weight excluding hydrogens is 233 g/mol. The van der Waals surface area contributed by atoms with Gasteiger partial charge in [-0.1, -0.05) is 11.6 Å². The van der Waals surface area contributed by atoms with E-state index in [9.17, 15) is 0 Å². The summed E-state index contributed by atoms with van der Waals surface area (Å²) < 4.78 is 0. The molecule has 3 rings (SSSR count). The van der Waals surface area contributed by atoms with Gasteiger partial charge in [0.15, 0.2) is 0 Å². The molecule has 2 bridgehead atoms. The highest BCUT2D eigenvalue weighted by atomic mass is 35.5. The predicted octanol–water partition coefficient (Wildman–Crippen LogP) is 1.71. The highest BCUT2D eigenvalue weighted by molar-refractivity contribution is 6.29. The van der Waals surface area contributed by atoms with E-state index in [1.807, 2.05) is 12.3 Å². The molecule has 0 spiro atoms. The molecule has 1 aromatic heterocycles. The molecule has 82 valence electrons. The third-order valence-electron chi connectivity index (χ3n) is 3.10. The SMILES string of the molecule is Cl.Clc1ccc(N2C[C@@H]3C[C@H]2CN3)cn1. The van der Waals surface area contributed by atoms with Crippen LogP contribution in [0.15, 0.2) is 18.3 Å². The lowest BCUT2D eigenvalue weighted by Crippen LogP contribution is -2.43. The molecule has 2 aliphatic heterocycles. The van der Waals surface area contributed by atoms with E-state index < -0.39 is 0 Å². The van der Waals surface area contributed by atoms with Crippen molar-refractivity contribution < 1.29 is 0 Å². The quantitative estimate of drug-likeness (QED) is 0.764. The van der Waals surface area contributed by atoms with Crippen LogP contribution in [0.1, 0.15) is 6.42 Å². The van der Waals surface area contributed by atoms with Crippen molar-refractivity contribution in [2.45, 2.75) is 18.5 Å². The van der Waals surface area contributed by atoms with Crippen LogP contribution in [0, 0.1) is 0 Å². The zero-order valence-corrected chi connectivity index (χ0v) is 9.76. The average Bonchev–Trinajstić information content (AvgIpc) is 2.80. The van der Waals surface area contributed by atoms with E-state index in [1.165, 1.54) is 12.1 Å². The van der Waals surface area contributed by atoms with Crippen molar-refractivity contribution in [3.8, 4) is 0 Å². The summed E-state index contributed by atoms with van der Waals surface area (Å²) in [6.07, 6.45) is 3.13. The molecule has 2 atom stereocenters. The van der Waals surface area contributed by atoms with Crippen LogP contribution in [0.2, 0.25) is 5.15 Å². The zero-order valence-electron chi connectivity index (χ0n) is 8.19. The van der Waals surface area contributed by atoms with Crippen LogP contribution in [-0.2, 0) is 0 Å². The lowest BCUT2D eigenvalue weighted by Gasteiger charge is -2.29. The van der Waals surface area contributed by atoms with E-state index in [-0.39, 0.29) is 12.4 Å². The summed E-state index contributed by atoms with van der Waals surface area (Å²) >= 11 is 5.76. The Hall–Kier alpha value is -0.510. The number of rotatable bonds is 1. The Labute approximate surface area is 100 Å². The predicted molar refractivity (Wildman–Crippen MR) is 64.0 cm³/mol. The number of nitrogens with zero attached hydrogens (tertiary/aromatic N) is 2. The maximum absolute atomic E-state index is 5.76. The Morgan fingerprint density at radius 2 is 2.33 bits per heavy atom. The second kappa shape index (κ2) is 4.16. The Morgan fingerprint density at radius 3 is 2.87 bits per heavy atom. The molecule has 15 heavy (non-hydrogen) atoms. The Balaban J connectivity index is 0.000000853. The van der Waals surface area contributed by atoms with E-state index in [1.54, 1.807) is 0 Å². The lowest BCUT2D eigenvalue weighted by molar-refractivity contribution is 0.579. The van der Waals surface area contributed by atoms with Crippen LogP contribution >= 0.6 is 24.0 Å². The first-order valence-electron chi connectivity index (χ1n) is 4.94. The van der Waals surface area contributed by atoms with E-state index in [4.69, 9.17) is 11.6 Å². The Bertz CT molecular complexity index is 341. The highest BCUT2D eigenvalue weighted by Gasteiger charge is 2.37. The van der Waals surface area contributed by atoms with Gasteiger partial charge in [-0.2, -0.15) is 0 Å². The minimum atomic E-state index is 0. The first kappa shape index (κ1) is 11.0. The van der Waals surface area contributed by atoms with Crippen molar-refractivity contribution >= 4 is 29.7 Å². The molecule has 5 heteroatoms. The van der Waals surface area contributed by atoms with Gasteiger partial charge in [0.05, 0.1) is 11.9 Å². The number of fused-ring (bicyclic) bond motifs is 2. The number of aromatic nitrogens is 1. The van der Waals surface area contributed by atoms with Crippen LogP contribution in [0.5, 0.6) is 0 Å². The Morgan fingerprint density at radius 1 is 1.47 bits per heavy atom. The minimum Gasteiger partial charge on any atom is -0.364 e. The van der Waals surface area contributed by atoms with Crippen molar-refractivity contribution in [1.82, 2.24) is 10.3 Å². The molecule has 0 saturated carbocycles. The summed E-state index contributed by atoms with van der Waals surface area (Å²) in [4.78, 5) is 6.53. The van der Waals surface area contributed by atoms with Gasteiger partial charge in [0.1, 0.15) is 5.15 Å². The van der Waals surface area contributed by atoms with Crippen molar-refractivity contribution in [3.63, 3.8) is 0 Å². The maximum Gasteiger partial charge on any atom is 0.129 e. The summed E-state index contributed by atoms with van der Waals surface area (Å²) in [6.45, 7) is 2.21. The summed E-state index contributed by atoms with van der Waals surface area (Å²) in [5, 5.41) is 4.04. The van der Waals surface area contributed by atoms with Crippen LogP contribution < -0.4 is 10.2 Å². The molecule has 1 N–H and O–H groups in total. The normalized spacial score (nSPS) is 27.9. The molecule has 0 aromatic carbocycles. The number of hydrogen-bond donors (Lipinski definition) is 1. The molecule has 2 fully saturated rings. The third kappa shape index (κ3) is 1.92. The van der Waals surface area contributed by atoms with Crippen molar-refractivity contribution in [3.05, 3.63) is 23.5 Å². The van der Waals surface area contributed by atoms with Gasteiger partial charge in [-0.25, -0.2) is 4.98 Å². The average molecular weight is 246 g/mol. The van der Waals surface area contributed by atoms with Crippen LogP contribution in [0.25, 0.3) is 0 Å².